The number of ether oxygens (including phenoxy) is 1. The number of amides is 1. The number of aromatic nitrogens is 2. The highest BCUT2D eigenvalue weighted by Crippen LogP contribution is 2.18. The lowest BCUT2D eigenvalue weighted by molar-refractivity contribution is 0.0932. The van der Waals surface area contributed by atoms with Crippen LogP contribution in [0.4, 0.5) is 5.82 Å². The Labute approximate surface area is 141 Å². The largest absolute Gasteiger partial charge is 0.481 e. The van der Waals surface area contributed by atoms with Crippen LogP contribution >= 0.6 is 0 Å². The van der Waals surface area contributed by atoms with Crippen LogP contribution in [0.5, 0.6) is 5.88 Å². The third-order valence-corrected chi connectivity index (χ3v) is 4.16. The molecule has 24 heavy (non-hydrogen) atoms. The zero-order chi connectivity index (χ0) is 16.9. The molecule has 0 aliphatic carbocycles. The number of carbonyl (C=O) groups is 1. The van der Waals surface area contributed by atoms with E-state index in [1.54, 1.807) is 19.2 Å². The summed E-state index contributed by atoms with van der Waals surface area (Å²) in [4.78, 5) is 23.3. The molecule has 2 aromatic rings. The molecule has 1 N–H and O–H groups in total. The van der Waals surface area contributed by atoms with Gasteiger partial charge in [0.05, 0.1) is 12.7 Å². The first-order valence-electron chi connectivity index (χ1n) is 8.15. The maximum absolute atomic E-state index is 12.4. The molecule has 0 radical (unpaired) electrons. The Balaban J connectivity index is 1.63. The Morgan fingerprint density at radius 1 is 1.33 bits per heavy atom. The molecule has 0 bridgehead atoms. The number of hydrogen-bond donors (Lipinski definition) is 1. The molecule has 1 aliphatic rings. The Hall–Kier alpha value is -2.63. The molecule has 1 saturated heterocycles. The summed E-state index contributed by atoms with van der Waals surface area (Å²) in [5, 5.41) is 3.10. The second-order valence-corrected chi connectivity index (χ2v) is 5.99. The van der Waals surface area contributed by atoms with Gasteiger partial charge in [0.15, 0.2) is 0 Å². The zero-order valence-electron chi connectivity index (χ0n) is 14.0. The summed E-state index contributed by atoms with van der Waals surface area (Å²) in [6, 6.07) is 9.55. The van der Waals surface area contributed by atoms with E-state index in [-0.39, 0.29) is 11.9 Å². The van der Waals surface area contributed by atoms with Gasteiger partial charge < -0.3 is 15.0 Å². The van der Waals surface area contributed by atoms with Gasteiger partial charge in [-0.3, -0.25) is 4.79 Å². The van der Waals surface area contributed by atoms with Gasteiger partial charge in [-0.05, 0) is 38.0 Å². The average molecular weight is 326 g/mol. The second kappa shape index (κ2) is 7.29. The van der Waals surface area contributed by atoms with Gasteiger partial charge in [0.25, 0.3) is 5.91 Å². The van der Waals surface area contributed by atoms with E-state index < -0.39 is 0 Å². The van der Waals surface area contributed by atoms with Gasteiger partial charge >= 0.3 is 0 Å². The molecule has 0 unspecified atom stereocenters. The van der Waals surface area contributed by atoms with Crippen LogP contribution in [0.3, 0.4) is 0 Å². The Kier molecular flexibility index (Phi) is 4.93. The third kappa shape index (κ3) is 3.82. The molecule has 1 aliphatic heterocycles. The number of nitrogens with one attached hydrogen (secondary N) is 1. The van der Waals surface area contributed by atoms with Crippen LogP contribution in [-0.2, 0) is 0 Å². The van der Waals surface area contributed by atoms with Crippen molar-refractivity contribution in [1.82, 2.24) is 15.3 Å². The first kappa shape index (κ1) is 16.2. The van der Waals surface area contributed by atoms with Crippen LogP contribution < -0.4 is 15.0 Å². The summed E-state index contributed by atoms with van der Waals surface area (Å²) >= 11 is 0. The van der Waals surface area contributed by atoms with Crippen molar-refractivity contribution in [2.75, 3.05) is 25.1 Å². The maximum atomic E-state index is 12.4. The minimum absolute atomic E-state index is 0.103. The van der Waals surface area contributed by atoms with Crippen LogP contribution in [0, 0.1) is 6.92 Å². The minimum atomic E-state index is -0.103. The van der Waals surface area contributed by atoms with Gasteiger partial charge in [-0.2, -0.15) is 0 Å². The maximum Gasteiger partial charge on any atom is 0.253 e. The highest BCUT2D eigenvalue weighted by Gasteiger charge is 2.23. The number of methoxy groups -OCH3 is 1. The third-order valence-electron chi connectivity index (χ3n) is 4.16. The van der Waals surface area contributed by atoms with Crippen molar-refractivity contribution in [2.24, 2.45) is 0 Å². The first-order valence-corrected chi connectivity index (χ1v) is 8.15. The van der Waals surface area contributed by atoms with Gasteiger partial charge in [0.2, 0.25) is 5.88 Å². The van der Waals surface area contributed by atoms with Crippen LogP contribution in [0.25, 0.3) is 0 Å². The van der Waals surface area contributed by atoms with Gasteiger partial charge in [0.1, 0.15) is 5.82 Å². The van der Waals surface area contributed by atoms with Crippen molar-refractivity contribution in [2.45, 2.75) is 25.8 Å². The molecule has 3 rings (SSSR count). The van der Waals surface area contributed by atoms with E-state index in [0.29, 0.717) is 11.4 Å². The molecular weight excluding hydrogens is 304 g/mol. The van der Waals surface area contributed by atoms with Gasteiger partial charge in [0, 0.05) is 37.1 Å². The van der Waals surface area contributed by atoms with Crippen molar-refractivity contribution in [3.8, 4) is 5.88 Å². The number of hydrogen-bond acceptors (Lipinski definition) is 5. The second-order valence-electron chi connectivity index (χ2n) is 5.99. The number of anilines is 1. The Bertz CT molecular complexity index is 702. The molecule has 6 heteroatoms. The van der Waals surface area contributed by atoms with Crippen molar-refractivity contribution in [3.05, 3.63) is 47.8 Å². The van der Waals surface area contributed by atoms with Crippen LogP contribution in [0.1, 0.15) is 28.9 Å². The summed E-state index contributed by atoms with van der Waals surface area (Å²) in [6.45, 7) is 3.72. The van der Waals surface area contributed by atoms with Crippen molar-refractivity contribution in [3.63, 3.8) is 0 Å². The minimum Gasteiger partial charge on any atom is -0.481 e. The smallest absolute Gasteiger partial charge is 0.253 e. The quantitative estimate of drug-likeness (QED) is 0.933. The van der Waals surface area contributed by atoms with E-state index in [1.807, 2.05) is 25.1 Å². The molecule has 1 atom stereocenters. The number of rotatable bonds is 4. The van der Waals surface area contributed by atoms with E-state index in [0.717, 1.165) is 37.4 Å². The number of nitrogens with zero attached hydrogens (tertiary/aromatic N) is 3. The van der Waals surface area contributed by atoms with Gasteiger partial charge in [-0.25, -0.2) is 9.97 Å². The molecular formula is C18H22N4O2. The average Bonchev–Trinajstić information content (AvgIpc) is 2.62. The van der Waals surface area contributed by atoms with Crippen molar-refractivity contribution in [1.29, 1.82) is 0 Å². The lowest BCUT2D eigenvalue weighted by Crippen LogP contribution is -2.48. The molecule has 1 amide bonds. The van der Waals surface area contributed by atoms with E-state index in [1.165, 1.54) is 6.20 Å². The van der Waals surface area contributed by atoms with Crippen LogP contribution in [-0.4, -0.2) is 42.1 Å². The molecule has 6 nitrogen and oxygen atoms in total. The fourth-order valence-corrected chi connectivity index (χ4v) is 2.91. The summed E-state index contributed by atoms with van der Waals surface area (Å²) < 4.78 is 5.02. The topological polar surface area (TPSA) is 67.3 Å². The summed E-state index contributed by atoms with van der Waals surface area (Å²) in [6.07, 6.45) is 3.54. The molecule has 0 saturated carbocycles. The van der Waals surface area contributed by atoms with Crippen molar-refractivity contribution < 1.29 is 9.53 Å². The molecule has 2 aromatic heterocycles. The SMILES string of the molecule is COc1ccc(C(=O)N[C@H]2CCCN(c3cccc(C)n3)C2)cn1. The molecule has 1 fully saturated rings. The highest BCUT2D eigenvalue weighted by molar-refractivity contribution is 5.94. The summed E-state index contributed by atoms with van der Waals surface area (Å²) in [7, 11) is 1.55. The molecule has 0 spiro atoms. The van der Waals surface area contributed by atoms with E-state index in [2.05, 4.69) is 20.2 Å². The normalized spacial score (nSPS) is 17.4. The van der Waals surface area contributed by atoms with Gasteiger partial charge in [-0.15, -0.1) is 0 Å². The Morgan fingerprint density at radius 3 is 2.92 bits per heavy atom. The fourth-order valence-electron chi connectivity index (χ4n) is 2.91. The number of carbonyl (C=O) groups excluding carboxylic acids is 1. The summed E-state index contributed by atoms with van der Waals surface area (Å²) in [5.74, 6) is 1.37. The monoisotopic (exact) mass is 326 g/mol. The number of pyridine rings is 2. The van der Waals surface area contributed by atoms with Crippen LogP contribution in [0.2, 0.25) is 0 Å². The van der Waals surface area contributed by atoms with Crippen molar-refractivity contribution >= 4 is 11.7 Å². The first-order chi connectivity index (χ1) is 11.7. The number of aryl methyl sites for hydroxylation is 1. The summed E-state index contributed by atoms with van der Waals surface area (Å²) in [5.41, 5.74) is 1.55. The molecule has 126 valence electrons. The molecule has 3 heterocycles. The van der Waals surface area contributed by atoms with Crippen LogP contribution in [0.15, 0.2) is 36.5 Å². The standard InChI is InChI=1S/C18H22N4O2/c1-13-5-3-7-16(20-13)22-10-4-6-15(12-22)21-18(23)14-8-9-17(24-2)19-11-14/h3,5,7-9,11,15H,4,6,10,12H2,1-2H3,(H,21,23)/t15-/m0/s1. The molecule has 0 aromatic carbocycles. The van der Waals surface area contributed by atoms with E-state index in [4.69, 9.17) is 4.74 Å². The zero-order valence-corrected chi connectivity index (χ0v) is 14.0. The predicted molar refractivity (Wildman–Crippen MR) is 92.5 cm³/mol. The lowest BCUT2D eigenvalue weighted by Gasteiger charge is -2.34. The van der Waals surface area contributed by atoms with Gasteiger partial charge in [-0.1, -0.05) is 6.07 Å². The van der Waals surface area contributed by atoms with E-state index >= 15 is 0 Å². The highest BCUT2D eigenvalue weighted by atomic mass is 16.5. The lowest BCUT2D eigenvalue weighted by atomic mass is 10.1. The predicted octanol–water partition coefficient (Wildman–Crippen LogP) is 2.19. The fraction of sp³-hybridized carbons (Fsp3) is 0.389. The Morgan fingerprint density at radius 2 is 2.21 bits per heavy atom. The number of piperidine rings is 1. The van der Waals surface area contributed by atoms with E-state index in [9.17, 15) is 4.79 Å².